The molecule has 2 N–H and O–H groups in total. The van der Waals surface area contributed by atoms with Crippen molar-refractivity contribution in [1.82, 2.24) is 20.2 Å². The monoisotopic (exact) mass is 382 g/mol. The van der Waals surface area contributed by atoms with Crippen molar-refractivity contribution in [3.63, 3.8) is 0 Å². The van der Waals surface area contributed by atoms with E-state index in [0.717, 1.165) is 37.8 Å². The van der Waals surface area contributed by atoms with Gasteiger partial charge in [0.25, 0.3) is 0 Å². The molecule has 1 fully saturated rings. The van der Waals surface area contributed by atoms with E-state index in [4.69, 9.17) is 0 Å². The van der Waals surface area contributed by atoms with Gasteiger partial charge in [0.05, 0.1) is 6.54 Å². The van der Waals surface area contributed by atoms with E-state index in [1.807, 2.05) is 19.4 Å². The second-order valence-corrected chi connectivity index (χ2v) is 8.08. The standard InChI is InChI=1S/C22H34N6/c1-17(2)15-28-13-11-24-21(28)14-25-22(23-4)26-19-6-5-12-27(16-19)20-9-7-18(3)8-10-20/h7-11,13,17,19H,5-6,12,14-16H2,1-4H3,(H2,23,25,26). The SMILES string of the molecule is CN=C(NCc1nccn1CC(C)C)NC1CCCN(c2ccc(C)cc2)C1. The van der Waals surface area contributed by atoms with Crippen molar-refractivity contribution in [1.29, 1.82) is 0 Å². The molecule has 28 heavy (non-hydrogen) atoms. The van der Waals surface area contributed by atoms with Crippen LogP contribution in [0.25, 0.3) is 0 Å². The van der Waals surface area contributed by atoms with Crippen molar-refractivity contribution in [3.8, 4) is 0 Å². The van der Waals surface area contributed by atoms with Gasteiger partial charge in [-0.1, -0.05) is 31.5 Å². The molecular weight excluding hydrogens is 348 g/mol. The van der Waals surface area contributed by atoms with Gasteiger partial charge in [0.1, 0.15) is 5.82 Å². The Morgan fingerprint density at radius 2 is 2.07 bits per heavy atom. The zero-order valence-corrected chi connectivity index (χ0v) is 17.7. The predicted molar refractivity (Wildman–Crippen MR) is 117 cm³/mol. The highest BCUT2D eigenvalue weighted by Gasteiger charge is 2.21. The molecule has 0 amide bonds. The lowest BCUT2D eigenvalue weighted by molar-refractivity contribution is 0.466. The lowest BCUT2D eigenvalue weighted by Gasteiger charge is -2.35. The van der Waals surface area contributed by atoms with Gasteiger partial charge in [0, 0.05) is 50.8 Å². The second kappa shape index (κ2) is 9.62. The molecule has 0 bridgehead atoms. The number of piperidine rings is 1. The van der Waals surface area contributed by atoms with Crippen LogP contribution in [-0.2, 0) is 13.1 Å². The quantitative estimate of drug-likeness (QED) is 0.595. The van der Waals surface area contributed by atoms with Crippen LogP contribution in [0.2, 0.25) is 0 Å². The molecule has 6 nitrogen and oxygen atoms in total. The van der Waals surface area contributed by atoms with Crippen molar-refractivity contribution in [3.05, 3.63) is 48.0 Å². The normalized spacial score (nSPS) is 17.8. The van der Waals surface area contributed by atoms with Gasteiger partial charge in [-0.2, -0.15) is 0 Å². The number of aryl methyl sites for hydroxylation is 1. The summed E-state index contributed by atoms with van der Waals surface area (Å²) in [6, 6.07) is 9.20. The lowest BCUT2D eigenvalue weighted by atomic mass is 10.0. The van der Waals surface area contributed by atoms with E-state index in [1.54, 1.807) is 0 Å². The van der Waals surface area contributed by atoms with E-state index < -0.39 is 0 Å². The van der Waals surface area contributed by atoms with Crippen LogP contribution in [-0.4, -0.2) is 41.7 Å². The van der Waals surface area contributed by atoms with Crippen LogP contribution in [0.1, 0.15) is 38.1 Å². The lowest BCUT2D eigenvalue weighted by Crippen LogP contribution is -2.51. The molecule has 0 saturated carbocycles. The second-order valence-electron chi connectivity index (χ2n) is 8.08. The van der Waals surface area contributed by atoms with E-state index in [0.29, 0.717) is 18.5 Å². The molecule has 1 aliphatic rings. The summed E-state index contributed by atoms with van der Waals surface area (Å²) in [4.78, 5) is 11.4. The molecule has 2 heterocycles. The van der Waals surface area contributed by atoms with E-state index >= 15 is 0 Å². The highest BCUT2D eigenvalue weighted by atomic mass is 15.2. The summed E-state index contributed by atoms with van der Waals surface area (Å²) < 4.78 is 2.21. The zero-order chi connectivity index (χ0) is 19.9. The number of imidazole rings is 1. The summed E-state index contributed by atoms with van der Waals surface area (Å²) in [5.74, 6) is 2.48. The van der Waals surface area contributed by atoms with Gasteiger partial charge >= 0.3 is 0 Å². The molecule has 3 rings (SSSR count). The van der Waals surface area contributed by atoms with Crippen LogP contribution in [0.5, 0.6) is 0 Å². The third-order valence-electron chi connectivity index (χ3n) is 5.16. The average Bonchev–Trinajstić information content (AvgIpc) is 3.12. The van der Waals surface area contributed by atoms with Gasteiger partial charge in [0.2, 0.25) is 0 Å². The van der Waals surface area contributed by atoms with Crippen molar-refractivity contribution in [2.24, 2.45) is 10.9 Å². The van der Waals surface area contributed by atoms with Crippen LogP contribution in [0.3, 0.4) is 0 Å². The largest absolute Gasteiger partial charge is 0.369 e. The first-order valence-corrected chi connectivity index (χ1v) is 10.3. The van der Waals surface area contributed by atoms with Crippen LogP contribution in [0.15, 0.2) is 41.7 Å². The molecule has 1 aliphatic heterocycles. The Kier molecular flexibility index (Phi) is 6.95. The molecule has 0 aliphatic carbocycles. The molecule has 1 atom stereocenters. The zero-order valence-electron chi connectivity index (χ0n) is 17.7. The van der Waals surface area contributed by atoms with E-state index in [2.05, 4.69) is 75.1 Å². The molecule has 0 radical (unpaired) electrons. The van der Waals surface area contributed by atoms with Gasteiger partial charge in [-0.3, -0.25) is 4.99 Å². The molecule has 1 aromatic heterocycles. The molecule has 2 aromatic rings. The van der Waals surface area contributed by atoms with E-state index in [9.17, 15) is 0 Å². The molecule has 152 valence electrons. The van der Waals surface area contributed by atoms with Gasteiger partial charge in [-0.15, -0.1) is 0 Å². The van der Waals surface area contributed by atoms with E-state index in [1.165, 1.54) is 17.7 Å². The number of rotatable bonds is 6. The van der Waals surface area contributed by atoms with Gasteiger partial charge in [-0.25, -0.2) is 4.98 Å². The number of anilines is 1. The van der Waals surface area contributed by atoms with Crippen molar-refractivity contribution >= 4 is 11.6 Å². The fourth-order valence-electron chi connectivity index (χ4n) is 3.70. The number of aromatic nitrogens is 2. The van der Waals surface area contributed by atoms with Crippen LogP contribution < -0.4 is 15.5 Å². The fourth-order valence-corrected chi connectivity index (χ4v) is 3.70. The Morgan fingerprint density at radius 3 is 2.79 bits per heavy atom. The minimum atomic E-state index is 0.386. The van der Waals surface area contributed by atoms with Crippen molar-refractivity contribution < 1.29 is 0 Å². The Hall–Kier alpha value is -2.50. The summed E-state index contributed by atoms with van der Waals surface area (Å²) in [6.45, 7) is 10.3. The number of benzene rings is 1. The summed E-state index contributed by atoms with van der Waals surface area (Å²) >= 11 is 0. The maximum Gasteiger partial charge on any atom is 0.191 e. The maximum absolute atomic E-state index is 4.49. The Morgan fingerprint density at radius 1 is 1.29 bits per heavy atom. The van der Waals surface area contributed by atoms with Crippen LogP contribution in [0, 0.1) is 12.8 Å². The number of hydrogen-bond donors (Lipinski definition) is 2. The highest BCUT2D eigenvalue weighted by Crippen LogP contribution is 2.20. The van der Waals surface area contributed by atoms with Crippen molar-refractivity contribution in [2.45, 2.75) is 52.7 Å². The summed E-state index contributed by atoms with van der Waals surface area (Å²) in [5, 5.41) is 7.03. The Labute approximate surface area is 169 Å². The Balaban J connectivity index is 1.54. The van der Waals surface area contributed by atoms with Crippen LogP contribution in [0.4, 0.5) is 5.69 Å². The molecule has 1 unspecified atom stereocenters. The number of nitrogens with one attached hydrogen (secondary N) is 2. The van der Waals surface area contributed by atoms with Crippen molar-refractivity contribution in [2.75, 3.05) is 25.0 Å². The minimum Gasteiger partial charge on any atom is -0.369 e. The number of nitrogens with zero attached hydrogens (tertiary/aromatic N) is 4. The molecule has 1 aromatic carbocycles. The number of aliphatic imine (C=N–C) groups is 1. The molecule has 1 saturated heterocycles. The highest BCUT2D eigenvalue weighted by molar-refractivity contribution is 5.80. The number of guanidine groups is 1. The summed E-state index contributed by atoms with van der Waals surface area (Å²) in [6.07, 6.45) is 6.26. The predicted octanol–water partition coefficient (Wildman–Crippen LogP) is 3.18. The molecular formula is C22H34N6. The first-order chi connectivity index (χ1) is 13.5. The average molecular weight is 383 g/mol. The summed E-state index contributed by atoms with van der Waals surface area (Å²) in [5.41, 5.74) is 2.60. The first kappa shape index (κ1) is 20.2. The van der Waals surface area contributed by atoms with Gasteiger partial charge in [0.15, 0.2) is 5.96 Å². The molecule has 6 heteroatoms. The first-order valence-electron chi connectivity index (χ1n) is 10.3. The summed E-state index contributed by atoms with van der Waals surface area (Å²) in [7, 11) is 1.83. The smallest absolute Gasteiger partial charge is 0.191 e. The maximum atomic E-state index is 4.49. The van der Waals surface area contributed by atoms with Gasteiger partial charge in [-0.05, 0) is 37.8 Å². The third kappa shape index (κ3) is 5.50. The number of hydrogen-bond acceptors (Lipinski definition) is 3. The fraction of sp³-hybridized carbons (Fsp3) is 0.545. The third-order valence-corrected chi connectivity index (χ3v) is 5.16. The topological polar surface area (TPSA) is 57.5 Å². The molecule has 0 spiro atoms. The minimum absolute atomic E-state index is 0.386. The van der Waals surface area contributed by atoms with Gasteiger partial charge < -0.3 is 20.1 Å². The Bertz CT molecular complexity index is 762. The van der Waals surface area contributed by atoms with Crippen LogP contribution >= 0.6 is 0 Å². The van der Waals surface area contributed by atoms with E-state index in [-0.39, 0.29) is 0 Å².